The molecule has 0 aliphatic carbocycles. The molecule has 0 aliphatic rings. The van der Waals surface area contributed by atoms with Gasteiger partial charge >= 0.3 is 12.4 Å². The second-order valence-corrected chi connectivity index (χ2v) is 10.0. The van der Waals surface area contributed by atoms with Crippen LogP contribution in [-0.2, 0) is 9.84 Å². The number of rotatable bonds is 7. The molecule has 37 heavy (non-hydrogen) atoms. The summed E-state index contributed by atoms with van der Waals surface area (Å²) in [6, 6.07) is 20.4. The molecule has 4 rings (SSSR count). The first-order valence-corrected chi connectivity index (χ1v) is 12.7. The summed E-state index contributed by atoms with van der Waals surface area (Å²) in [7, 11) is -3.42. The van der Waals surface area contributed by atoms with Crippen LogP contribution in [0.4, 0.5) is 23.7 Å². The van der Waals surface area contributed by atoms with Crippen molar-refractivity contribution in [3.8, 4) is 17.0 Å². The van der Waals surface area contributed by atoms with E-state index >= 15 is 0 Å². The van der Waals surface area contributed by atoms with Crippen LogP contribution in [0.2, 0.25) is 0 Å². The van der Waals surface area contributed by atoms with E-state index < -0.39 is 34.0 Å². The first-order chi connectivity index (χ1) is 17.5. The van der Waals surface area contributed by atoms with Crippen LogP contribution in [0.25, 0.3) is 11.3 Å². The first kappa shape index (κ1) is 25.8. The Morgan fingerprint density at radius 1 is 0.973 bits per heavy atom. The molecule has 0 bridgehead atoms. The molecule has 0 spiro atoms. The molecule has 1 atom stereocenters. The number of anilines is 1. The number of carbonyl (C=O) groups is 1. The number of alkyl halides is 3. The fraction of sp³-hybridized carbons (Fsp3) is 0.120. The van der Waals surface area contributed by atoms with Crippen LogP contribution in [0.5, 0.6) is 5.75 Å². The van der Waals surface area contributed by atoms with E-state index in [9.17, 15) is 26.4 Å². The third-order valence-electron chi connectivity index (χ3n) is 5.24. The zero-order valence-corrected chi connectivity index (χ0v) is 20.1. The normalized spacial score (nSPS) is 12.5. The molecule has 0 fully saturated rings. The van der Waals surface area contributed by atoms with Crippen molar-refractivity contribution in [1.82, 2.24) is 15.5 Å². The van der Waals surface area contributed by atoms with Crippen molar-refractivity contribution in [1.29, 1.82) is 0 Å². The standard InChI is InChI=1S/C25H21F3N4O4S/c1-37(34,35)20-13-7-17(8-14-20)23(22-15-21(31-32-22)16-5-3-2-4-6-16)30-24(33)29-18-9-11-19(12-10-18)36-25(26,27)28/h2-15,23H,1H3,(H,31,32)(H2,29,30,33). The van der Waals surface area contributed by atoms with Gasteiger partial charge in [-0.25, -0.2) is 13.2 Å². The number of urea groups is 1. The van der Waals surface area contributed by atoms with Gasteiger partial charge in [-0.2, -0.15) is 5.10 Å². The molecule has 4 aromatic rings. The molecule has 0 saturated carbocycles. The van der Waals surface area contributed by atoms with Gasteiger partial charge in [-0.3, -0.25) is 5.10 Å². The summed E-state index contributed by atoms with van der Waals surface area (Å²) in [5.41, 5.74) is 2.81. The highest BCUT2D eigenvalue weighted by Crippen LogP contribution is 2.27. The van der Waals surface area contributed by atoms with Crippen molar-refractivity contribution >= 4 is 21.6 Å². The molecule has 2 amide bonds. The number of hydrogen-bond acceptors (Lipinski definition) is 5. The van der Waals surface area contributed by atoms with Gasteiger partial charge in [0.15, 0.2) is 9.84 Å². The van der Waals surface area contributed by atoms with E-state index in [2.05, 4.69) is 25.6 Å². The Labute approximate surface area is 210 Å². The third-order valence-corrected chi connectivity index (χ3v) is 6.37. The number of halogens is 3. The van der Waals surface area contributed by atoms with E-state index in [1.165, 1.54) is 24.3 Å². The number of benzene rings is 3. The number of sulfone groups is 1. The summed E-state index contributed by atoms with van der Waals surface area (Å²) in [5.74, 6) is -0.423. The molecule has 3 aromatic carbocycles. The summed E-state index contributed by atoms with van der Waals surface area (Å²) in [5, 5.41) is 12.6. The van der Waals surface area contributed by atoms with E-state index in [1.54, 1.807) is 18.2 Å². The number of nitrogens with zero attached hydrogens (tertiary/aromatic N) is 1. The van der Waals surface area contributed by atoms with Crippen molar-refractivity contribution in [2.45, 2.75) is 17.3 Å². The van der Waals surface area contributed by atoms with Crippen LogP contribution >= 0.6 is 0 Å². The molecule has 12 heteroatoms. The SMILES string of the molecule is CS(=O)(=O)c1ccc(C(NC(=O)Nc2ccc(OC(F)(F)F)cc2)c2cc(-c3ccccc3)n[nH]2)cc1. The minimum absolute atomic E-state index is 0.121. The van der Waals surface area contributed by atoms with Crippen LogP contribution < -0.4 is 15.4 Å². The average Bonchev–Trinajstić information content (AvgIpc) is 3.33. The maximum atomic E-state index is 12.8. The van der Waals surface area contributed by atoms with E-state index in [1.807, 2.05) is 30.3 Å². The number of amides is 2. The van der Waals surface area contributed by atoms with Crippen LogP contribution in [0.1, 0.15) is 17.3 Å². The Morgan fingerprint density at radius 3 is 2.22 bits per heavy atom. The molecule has 1 heterocycles. The van der Waals surface area contributed by atoms with Crippen LogP contribution in [0, 0.1) is 0 Å². The third kappa shape index (κ3) is 6.88. The summed E-state index contributed by atoms with van der Waals surface area (Å²) in [6.45, 7) is 0. The summed E-state index contributed by atoms with van der Waals surface area (Å²) < 4.78 is 64.7. The Kier molecular flexibility index (Phi) is 7.21. The molecule has 8 nitrogen and oxygen atoms in total. The van der Waals surface area contributed by atoms with Gasteiger partial charge in [0, 0.05) is 17.5 Å². The number of ether oxygens (including phenoxy) is 1. The highest BCUT2D eigenvalue weighted by molar-refractivity contribution is 7.90. The lowest BCUT2D eigenvalue weighted by molar-refractivity contribution is -0.274. The van der Waals surface area contributed by atoms with Crippen LogP contribution in [0.15, 0.2) is 89.8 Å². The summed E-state index contributed by atoms with van der Waals surface area (Å²) in [4.78, 5) is 12.9. The molecule has 0 aliphatic heterocycles. The summed E-state index contributed by atoms with van der Waals surface area (Å²) in [6.07, 6.45) is -3.73. The Morgan fingerprint density at radius 2 is 1.62 bits per heavy atom. The monoisotopic (exact) mass is 530 g/mol. The van der Waals surface area contributed by atoms with Gasteiger partial charge in [-0.1, -0.05) is 42.5 Å². The highest BCUT2D eigenvalue weighted by atomic mass is 32.2. The van der Waals surface area contributed by atoms with Gasteiger partial charge in [0.2, 0.25) is 0 Å². The van der Waals surface area contributed by atoms with Gasteiger partial charge in [0.1, 0.15) is 5.75 Å². The number of nitrogens with one attached hydrogen (secondary N) is 3. The Balaban J connectivity index is 1.57. The molecule has 0 saturated heterocycles. The highest BCUT2D eigenvalue weighted by Gasteiger charge is 2.31. The van der Waals surface area contributed by atoms with Crippen LogP contribution in [0.3, 0.4) is 0 Å². The lowest BCUT2D eigenvalue weighted by atomic mass is 10.0. The maximum Gasteiger partial charge on any atom is 0.573 e. The van der Waals surface area contributed by atoms with Gasteiger partial charge < -0.3 is 15.4 Å². The second kappa shape index (κ2) is 10.3. The smallest absolute Gasteiger partial charge is 0.406 e. The van der Waals surface area contributed by atoms with Gasteiger partial charge in [-0.15, -0.1) is 13.2 Å². The van der Waals surface area contributed by atoms with Crippen LogP contribution in [-0.4, -0.2) is 37.3 Å². The van der Waals surface area contributed by atoms with Crippen molar-refractivity contribution in [3.63, 3.8) is 0 Å². The number of aromatic amines is 1. The minimum Gasteiger partial charge on any atom is -0.406 e. The summed E-state index contributed by atoms with van der Waals surface area (Å²) >= 11 is 0. The predicted octanol–water partition coefficient (Wildman–Crippen LogP) is 5.29. The Bertz CT molecular complexity index is 1470. The lowest BCUT2D eigenvalue weighted by Crippen LogP contribution is -2.33. The average molecular weight is 531 g/mol. The van der Waals surface area contributed by atoms with Crippen molar-refractivity contribution in [2.24, 2.45) is 0 Å². The zero-order chi connectivity index (χ0) is 26.6. The first-order valence-electron chi connectivity index (χ1n) is 10.8. The molecule has 0 radical (unpaired) electrons. The largest absolute Gasteiger partial charge is 0.573 e. The molecule has 1 unspecified atom stereocenters. The number of H-pyrrole nitrogens is 1. The molecular formula is C25H21F3N4O4S. The topological polar surface area (TPSA) is 113 Å². The van der Waals surface area contributed by atoms with E-state index in [0.717, 1.165) is 24.0 Å². The molecular weight excluding hydrogens is 509 g/mol. The van der Waals surface area contributed by atoms with E-state index in [-0.39, 0.29) is 10.6 Å². The van der Waals surface area contributed by atoms with Crippen molar-refractivity contribution < 1.29 is 31.1 Å². The minimum atomic E-state index is -4.82. The van der Waals surface area contributed by atoms with Gasteiger partial charge in [0.25, 0.3) is 0 Å². The van der Waals surface area contributed by atoms with E-state index in [0.29, 0.717) is 17.0 Å². The number of aromatic nitrogens is 2. The predicted molar refractivity (Wildman–Crippen MR) is 131 cm³/mol. The van der Waals surface area contributed by atoms with Crippen molar-refractivity contribution in [3.05, 3.63) is 96.2 Å². The fourth-order valence-corrected chi connectivity index (χ4v) is 4.16. The molecule has 3 N–H and O–H groups in total. The molecule has 1 aromatic heterocycles. The quantitative estimate of drug-likeness (QED) is 0.301. The van der Waals surface area contributed by atoms with Gasteiger partial charge in [0.05, 0.1) is 22.3 Å². The maximum absolute atomic E-state index is 12.8. The zero-order valence-electron chi connectivity index (χ0n) is 19.3. The van der Waals surface area contributed by atoms with Gasteiger partial charge in [-0.05, 0) is 48.0 Å². The second-order valence-electron chi connectivity index (χ2n) is 8.02. The fourth-order valence-electron chi connectivity index (χ4n) is 3.53. The molecule has 192 valence electrons. The number of carbonyl (C=O) groups excluding carboxylic acids is 1. The Hall–Kier alpha value is -4.32. The van der Waals surface area contributed by atoms with Crippen molar-refractivity contribution in [2.75, 3.05) is 11.6 Å². The van der Waals surface area contributed by atoms with E-state index in [4.69, 9.17) is 0 Å². The number of hydrogen-bond donors (Lipinski definition) is 3. The lowest BCUT2D eigenvalue weighted by Gasteiger charge is -2.19.